The summed E-state index contributed by atoms with van der Waals surface area (Å²) in [5.74, 6) is -0.384. The summed E-state index contributed by atoms with van der Waals surface area (Å²) < 4.78 is 12.7. The molecule has 4 nitrogen and oxygen atoms in total. The van der Waals surface area contributed by atoms with Crippen LogP contribution >= 0.6 is 11.6 Å². The molecule has 0 spiro atoms. The van der Waals surface area contributed by atoms with E-state index in [0.717, 1.165) is 6.07 Å². The second-order valence-corrected chi connectivity index (χ2v) is 3.68. The molecular formula is C11H6ClFN2O2. The zero-order valence-electron chi connectivity index (χ0n) is 8.43. The van der Waals surface area contributed by atoms with E-state index in [1.807, 2.05) is 0 Å². The monoisotopic (exact) mass is 252 g/mol. The van der Waals surface area contributed by atoms with Gasteiger partial charge in [-0.05, 0) is 24.3 Å². The van der Waals surface area contributed by atoms with Crippen LogP contribution in [-0.4, -0.2) is 9.91 Å². The number of halogens is 2. The minimum atomic E-state index is -0.555. The lowest BCUT2D eigenvalue weighted by Crippen LogP contribution is -1.92. The summed E-state index contributed by atoms with van der Waals surface area (Å²) in [7, 11) is 0. The summed E-state index contributed by atoms with van der Waals surface area (Å²) in [6, 6.07) is 7.93. The van der Waals surface area contributed by atoms with E-state index in [-0.39, 0.29) is 16.7 Å². The number of benzene rings is 1. The van der Waals surface area contributed by atoms with E-state index >= 15 is 0 Å². The van der Waals surface area contributed by atoms with Crippen LogP contribution in [0.15, 0.2) is 36.4 Å². The van der Waals surface area contributed by atoms with Gasteiger partial charge < -0.3 is 0 Å². The zero-order chi connectivity index (χ0) is 12.4. The first-order valence-electron chi connectivity index (χ1n) is 4.64. The number of aromatic nitrogens is 1. The van der Waals surface area contributed by atoms with Gasteiger partial charge in [0.05, 0.1) is 16.7 Å². The Hall–Kier alpha value is -2.01. The van der Waals surface area contributed by atoms with Gasteiger partial charge in [-0.15, -0.1) is 0 Å². The average Bonchev–Trinajstić information content (AvgIpc) is 2.29. The average molecular weight is 253 g/mol. The largest absolute Gasteiger partial charge is 0.274 e. The fourth-order valence-electron chi connectivity index (χ4n) is 1.36. The fraction of sp³-hybridized carbons (Fsp3) is 0. The molecule has 2 aromatic rings. The van der Waals surface area contributed by atoms with Crippen LogP contribution in [-0.2, 0) is 0 Å². The molecule has 1 aromatic heterocycles. The minimum Gasteiger partial charge on any atom is -0.258 e. The lowest BCUT2D eigenvalue weighted by Gasteiger charge is -2.01. The van der Waals surface area contributed by atoms with E-state index in [9.17, 15) is 14.5 Å². The summed E-state index contributed by atoms with van der Waals surface area (Å²) in [6.07, 6.45) is 0. The molecule has 17 heavy (non-hydrogen) atoms. The Morgan fingerprint density at radius 1 is 1.24 bits per heavy atom. The standard InChI is InChI=1S/C11H6ClFN2O2/c12-11-6-9(15(16)17)5-10(14-11)7-1-3-8(13)4-2-7/h1-6H. The number of nitro groups is 1. The normalized spacial score (nSPS) is 10.2. The molecule has 0 radical (unpaired) electrons. The highest BCUT2D eigenvalue weighted by Crippen LogP contribution is 2.25. The summed E-state index contributed by atoms with van der Waals surface area (Å²) in [5.41, 5.74) is 0.755. The maximum Gasteiger partial charge on any atom is 0.274 e. The predicted octanol–water partition coefficient (Wildman–Crippen LogP) is 3.45. The summed E-state index contributed by atoms with van der Waals surface area (Å²) in [6.45, 7) is 0. The molecule has 0 unspecified atom stereocenters. The topological polar surface area (TPSA) is 56.0 Å². The van der Waals surface area contributed by atoms with Crippen molar-refractivity contribution in [3.63, 3.8) is 0 Å². The SMILES string of the molecule is O=[N+]([O-])c1cc(Cl)nc(-c2ccc(F)cc2)c1. The summed E-state index contributed by atoms with van der Waals surface area (Å²) >= 11 is 5.69. The molecular weight excluding hydrogens is 247 g/mol. The summed E-state index contributed by atoms with van der Waals surface area (Å²) in [4.78, 5) is 14.0. The van der Waals surface area contributed by atoms with Crippen molar-refractivity contribution in [1.82, 2.24) is 4.98 Å². The lowest BCUT2D eigenvalue weighted by atomic mass is 10.1. The van der Waals surface area contributed by atoms with E-state index in [0.29, 0.717) is 11.3 Å². The fourth-order valence-corrected chi connectivity index (χ4v) is 1.56. The van der Waals surface area contributed by atoms with Crippen LogP contribution in [0.4, 0.5) is 10.1 Å². The quantitative estimate of drug-likeness (QED) is 0.467. The van der Waals surface area contributed by atoms with Gasteiger partial charge in [-0.2, -0.15) is 0 Å². The van der Waals surface area contributed by atoms with Gasteiger partial charge in [0.15, 0.2) is 0 Å². The van der Waals surface area contributed by atoms with Crippen molar-refractivity contribution < 1.29 is 9.31 Å². The van der Waals surface area contributed by atoms with Gasteiger partial charge in [-0.1, -0.05) is 11.6 Å². The summed E-state index contributed by atoms with van der Waals surface area (Å²) in [5, 5.41) is 10.7. The van der Waals surface area contributed by atoms with E-state index in [2.05, 4.69) is 4.98 Å². The molecule has 0 amide bonds. The molecule has 0 aliphatic rings. The molecule has 0 saturated carbocycles. The minimum absolute atomic E-state index is 0.0264. The van der Waals surface area contributed by atoms with Crippen LogP contribution in [0, 0.1) is 15.9 Å². The van der Waals surface area contributed by atoms with E-state index in [1.54, 1.807) is 0 Å². The third-order valence-corrected chi connectivity index (χ3v) is 2.32. The molecule has 1 heterocycles. The van der Waals surface area contributed by atoms with Gasteiger partial charge in [0.25, 0.3) is 5.69 Å². The first-order valence-corrected chi connectivity index (χ1v) is 5.02. The second kappa shape index (κ2) is 4.47. The molecule has 86 valence electrons. The molecule has 0 atom stereocenters. The van der Waals surface area contributed by atoms with Gasteiger partial charge in [0.1, 0.15) is 11.0 Å². The molecule has 0 fully saturated rings. The lowest BCUT2D eigenvalue weighted by molar-refractivity contribution is -0.384. The van der Waals surface area contributed by atoms with E-state index in [1.165, 1.54) is 30.3 Å². The van der Waals surface area contributed by atoms with Crippen molar-refractivity contribution in [2.45, 2.75) is 0 Å². The van der Waals surface area contributed by atoms with Crippen LogP contribution in [0.25, 0.3) is 11.3 Å². The van der Waals surface area contributed by atoms with Gasteiger partial charge in [-0.25, -0.2) is 9.37 Å². The molecule has 6 heteroatoms. The highest BCUT2D eigenvalue weighted by molar-refractivity contribution is 6.29. The molecule has 0 aliphatic carbocycles. The number of hydrogen-bond donors (Lipinski definition) is 0. The molecule has 0 N–H and O–H groups in total. The van der Waals surface area contributed by atoms with Crippen molar-refractivity contribution in [1.29, 1.82) is 0 Å². The third kappa shape index (κ3) is 2.57. The number of pyridine rings is 1. The van der Waals surface area contributed by atoms with E-state index < -0.39 is 4.92 Å². The highest BCUT2D eigenvalue weighted by atomic mass is 35.5. The Bertz CT molecular complexity index is 572. The second-order valence-electron chi connectivity index (χ2n) is 3.30. The van der Waals surface area contributed by atoms with Crippen LogP contribution in [0.3, 0.4) is 0 Å². The van der Waals surface area contributed by atoms with Crippen molar-refractivity contribution in [3.05, 3.63) is 57.5 Å². The zero-order valence-corrected chi connectivity index (χ0v) is 9.19. The first kappa shape index (κ1) is 11.5. The molecule has 0 aliphatic heterocycles. The first-order chi connectivity index (χ1) is 8.06. The molecule has 0 bridgehead atoms. The molecule has 1 aromatic carbocycles. The smallest absolute Gasteiger partial charge is 0.258 e. The van der Waals surface area contributed by atoms with Crippen LogP contribution in [0.2, 0.25) is 5.15 Å². The van der Waals surface area contributed by atoms with Crippen molar-refractivity contribution >= 4 is 17.3 Å². The van der Waals surface area contributed by atoms with E-state index in [4.69, 9.17) is 11.6 Å². The van der Waals surface area contributed by atoms with Crippen LogP contribution in [0.1, 0.15) is 0 Å². The number of nitrogens with zero attached hydrogens (tertiary/aromatic N) is 2. The Kier molecular flexibility index (Phi) is 3.01. The van der Waals surface area contributed by atoms with Crippen molar-refractivity contribution in [2.24, 2.45) is 0 Å². The highest BCUT2D eigenvalue weighted by Gasteiger charge is 2.11. The van der Waals surface area contributed by atoms with Gasteiger partial charge in [0.2, 0.25) is 0 Å². The maximum absolute atomic E-state index is 12.7. The predicted molar refractivity (Wildman–Crippen MR) is 61.3 cm³/mol. The number of rotatable bonds is 2. The van der Waals surface area contributed by atoms with Crippen molar-refractivity contribution in [3.8, 4) is 11.3 Å². The Labute approximate surface area is 101 Å². The molecule has 0 saturated heterocycles. The van der Waals surface area contributed by atoms with Crippen molar-refractivity contribution in [2.75, 3.05) is 0 Å². The van der Waals surface area contributed by atoms with Crippen LogP contribution in [0.5, 0.6) is 0 Å². The Morgan fingerprint density at radius 3 is 2.47 bits per heavy atom. The van der Waals surface area contributed by atoms with Gasteiger partial charge >= 0.3 is 0 Å². The Balaban J connectivity index is 2.51. The van der Waals surface area contributed by atoms with Gasteiger partial charge in [0, 0.05) is 11.6 Å². The maximum atomic E-state index is 12.7. The third-order valence-electron chi connectivity index (χ3n) is 2.13. The molecule has 2 rings (SSSR count). The van der Waals surface area contributed by atoms with Crippen LogP contribution < -0.4 is 0 Å². The number of hydrogen-bond acceptors (Lipinski definition) is 3. The van der Waals surface area contributed by atoms with Gasteiger partial charge in [-0.3, -0.25) is 10.1 Å². The Morgan fingerprint density at radius 2 is 1.88 bits per heavy atom.